The third-order valence-electron chi connectivity index (χ3n) is 3.07. The molecule has 4 heteroatoms. The van der Waals surface area contributed by atoms with E-state index < -0.39 is 0 Å². The summed E-state index contributed by atoms with van der Waals surface area (Å²) in [4.78, 5) is 9.03. The highest BCUT2D eigenvalue weighted by Gasteiger charge is 2.25. The number of anilines is 2. The molecule has 3 rings (SSSR count). The van der Waals surface area contributed by atoms with Gasteiger partial charge in [0.05, 0.1) is 0 Å². The molecule has 2 aromatic rings. The number of nitrogens with one attached hydrogen (secondary N) is 1. The molecule has 0 atom stereocenters. The maximum Gasteiger partial charge on any atom is 0.227 e. The van der Waals surface area contributed by atoms with Crippen molar-refractivity contribution in [3.63, 3.8) is 0 Å². The average Bonchev–Trinajstić information content (AvgIpc) is 3.11. The molecule has 0 aromatic carbocycles. The second-order valence-electron chi connectivity index (χ2n) is 4.92. The Labute approximate surface area is 107 Å². The van der Waals surface area contributed by atoms with Crippen LogP contribution in [0.1, 0.15) is 30.1 Å². The number of hydrogen-bond acceptors (Lipinski definition) is 3. The Morgan fingerprint density at radius 3 is 2.89 bits per heavy atom. The van der Waals surface area contributed by atoms with Crippen LogP contribution in [0.4, 0.5) is 11.6 Å². The van der Waals surface area contributed by atoms with Crippen molar-refractivity contribution in [2.24, 2.45) is 7.05 Å². The number of rotatable bonds is 3. The van der Waals surface area contributed by atoms with Crippen LogP contribution in [-0.4, -0.2) is 9.97 Å². The summed E-state index contributed by atoms with van der Waals surface area (Å²) in [7, 11) is 2.00. The number of aromatic nitrogens is 3. The van der Waals surface area contributed by atoms with Gasteiger partial charge in [0.2, 0.25) is 5.95 Å². The fourth-order valence-electron chi connectivity index (χ4n) is 2.03. The van der Waals surface area contributed by atoms with Gasteiger partial charge in [0.1, 0.15) is 12.7 Å². The van der Waals surface area contributed by atoms with Crippen LogP contribution in [0.15, 0.2) is 30.6 Å². The monoisotopic (exact) mass is 241 g/mol. The van der Waals surface area contributed by atoms with Gasteiger partial charge in [-0.05, 0) is 31.9 Å². The molecule has 0 unspecified atom stereocenters. The topological polar surface area (TPSA) is 41.7 Å². The van der Waals surface area contributed by atoms with Crippen molar-refractivity contribution in [1.82, 2.24) is 9.97 Å². The molecule has 0 radical (unpaired) electrons. The minimum atomic E-state index is 0.652. The molecule has 0 spiro atoms. The van der Waals surface area contributed by atoms with E-state index in [1.54, 1.807) is 0 Å². The van der Waals surface area contributed by atoms with Crippen molar-refractivity contribution in [3.8, 4) is 0 Å². The highest BCUT2D eigenvalue weighted by molar-refractivity contribution is 5.50. The number of pyridine rings is 1. The highest BCUT2D eigenvalue weighted by Crippen LogP contribution is 2.39. The van der Waals surface area contributed by atoms with Crippen molar-refractivity contribution < 1.29 is 4.57 Å². The third-order valence-corrected chi connectivity index (χ3v) is 3.07. The first-order valence-electron chi connectivity index (χ1n) is 6.28. The van der Waals surface area contributed by atoms with Crippen LogP contribution in [0.5, 0.6) is 0 Å². The summed E-state index contributed by atoms with van der Waals surface area (Å²) in [6, 6.07) is 6.11. The van der Waals surface area contributed by atoms with Crippen molar-refractivity contribution in [1.29, 1.82) is 0 Å². The van der Waals surface area contributed by atoms with Gasteiger partial charge in [-0.25, -0.2) is 14.5 Å². The molecule has 1 aliphatic carbocycles. The lowest BCUT2D eigenvalue weighted by atomic mass is 10.2. The Balaban J connectivity index is 1.87. The number of nitrogens with zero attached hydrogens (tertiary/aromatic N) is 3. The summed E-state index contributed by atoms with van der Waals surface area (Å²) >= 11 is 0. The molecule has 18 heavy (non-hydrogen) atoms. The zero-order chi connectivity index (χ0) is 12.5. The van der Waals surface area contributed by atoms with Gasteiger partial charge in [-0.15, -0.1) is 0 Å². The van der Waals surface area contributed by atoms with Gasteiger partial charge in [-0.2, -0.15) is 0 Å². The molecular formula is C14H17N4+. The SMILES string of the molecule is Cc1cc(C2CC2)nc(Nc2ccc[n+](C)c2)n1. The van der Waals surface area contributed by atoms with Gasteiger partial charge in [-0.1, -0.05) is 0 Å². The molecule has 2 aromatic heterocycles. The second kappa shape index (κ2) is 4.37. The Morgan fingerprint density at radius 1 is 1.33 bits per heavy atom. The molecule has 1 aliphatic rings. The molecule has 0 aliphatic heterocycles. The highest BCUT2D eigenvalue weighted by atomic mass is 15.1. The predicted molar refractivity (Wildman–Crippen MR) is 69.6 cm³/mol. The summed E-state index contributed by atoms with van der Waals surface area (Å²) in [6.45, 7) is 2.02. The molecule has 1 fully saturated rings. The number of aryl methyl sites for hydroxylation is 2. The first-order chi connectivity index (χ1) is 8.70. The van der Waals surface area contributed by atoms with Gasteiger partial charge < -0.3 is 5.32 Å². The van der Waals surface area contributed by atoms with Gasteiger partial charge >= 0.3 is 0 Å². The third kappa shape index (κ3) is 2.47. The zero-order valence-corrected chi connectivity index (χ0v) is 10.7. The standard InChI is InChI=1S/C14H17N4/c1-10-8-13(11-5-6-11)17-14(15-10)16-12-4-3-7-18(2)9-12/h3-4,7-9,11H,5-6H2,1-2H3,(H,15,16,17)/q+1. The largest absolute Gasteiger partial charge is 0.319 e. The molecule has 1 N–H and O–H groups in total. The average molecular weight is 241 g/mol. The molecule has 0 amide bonds. The quantitative estimate of drug-likeness (QED) is 0.838. The fraction of sp³-hybridized carbons (Fsp3) is 0.357. The second-order valence-corrected chi connectivity index (χ2v) is 4.92. The Bertz CT molecular complexity index is 576. The zero-order valence-electron chi connectivity index (χ0n) is 10.7. The summed E-state index contributed by atoms with van der Waals surface area (Å²) in [5.74, 6) is 1.35. The van der Waals surface area contributed by atoms with Crippen molar-refractivity contribution in [2.45, 2.75) is 25.7 Å². The molecule has 0 saturated heterocycles. The summed E-state index contributed by atoms with van der Waals surface area (Å²) in [5, 5.41) is 3.27. The van der Waals surface area contributed by atoms with Crippen molar-refractivity contribution in [3.05, 3.63) is 42.0 Å². The van der Waals surface area contributed by atoms with E-state index in [0.717, 1.165) is 11.4 Å². The van der Waals surface area contributed by atoms with Crippen molar-refractivity contribution in [2.75, 3.05) is 5.32 Å². The lowest BCUT2D eigenvalue weighted by Crippen LogP contribution is -2.26. The maximum absolute atomic E-state index is 4.59. The van der Waals surface area contributed by atoms with Crippen LogP contribution >= 0.6 is 0 Å². The lowest BCUT2D eigenvalue weighted by Gasteiger charge is -2.06. The van der Waals surface area contributed by atoms with E-state index in [-0.39, 0.29) is 0 Å². The van der Waals surface area contributed by atoms with Crippen LogP contribution in [-0.2, 0) is 7.05 Å². The van der Waals surface area contributed by atoms with E-state index in [9.17, 15) is 0 Å². The molecule has 92 valence electrons. The van der Waals surface area contributed by atoms with Crippen LogP contribution in [0.2, 0.25) is 0 Å². The minimum absolute atomic E-state index is 0.652. The van der Waals surface area contributed by atoms with Gasteiger partial charge in [0.25, 0.3) is 0 Å². The fourth-order valence-corrected chi connectivity index (χ4v) is 2.03. The minimum Gasteiger partial charge on any atom is -0.319 e. The van der Waals surface area contributed by atoms with Crippen LogP contribution in [0.3, 0.4) is 0 Å². The molecule has 2 heterocycles. The van der Waals surface area contributed by atoms with Gasteiger partial charge in [0.15, 0.2) is 12.4 Å². The van der Waals surface area contributed by atoms with Gasteiger partial charge in [0, 0.05) is 23.4 Å². The van der Waals surface area contributed by atoms with E-state index in [4.69, 9.17) is 0 Å². The van der Waals surface area contributed by atoms with E-state index in [1.165, 1.54) is 18.5 Å². The predicted octanol–water partition coefficient (Wildman–Crippen LogP) is 2.23. The summed E-state index contributed by atoms with van der Waals surface area (Å²) < 4.78 is 2.00. The summed E-state index contributed by atoms with van der Waals surface area (Å²) in [6.07, 6.45) is 6.53. The molecule has 0 bridgehead atoms. The van der Waals surface area contributed by atoms with E-state index in [1.807, 2.05) is 43.1 Å². The lowest BCUT2D eigenvalue weighted by molar-refractivity contribution is -0.670. The Hall–Kier alpha value is -1.97. The Morgan fingerprint density at radius 2 is 2.17 bits per heavy atom. The van der Waals surface area contributed by atoms with E-state index >= 15 is 0 Å². The number of hydrogen-bond donors (Lipinski definition) is 1. The van der Waals surface area contributed by atoms with Crippen LogP contribution in [0.25, 0.3) is 0 Å². The first-order valence-corrected chi connectivity index (χ1v) is 6.28. The van der Waals surface area contributed by atoms with Gasteiger partial charge in [-0.3, -0.25) is 0 Å². The molecular weight excluding hydrogens is 224 g/mol. The Kier molecular flexibility index (Phi) is 2.70. The van der Waals surface area contributed by atoms with Crippen LogP contribution in [0, 0.1) is 6.92 Å². The smallest absolute Gasteiger partial charge is 0.227 e. The van der Waals surface area contributed by atoms with E-state index in [0.29, 0.717) is 11.9 Å². The van der Waals surface area contributed by atoms with Crippen LogP contribution < -0.4 is 9.88 Å². The molecule has 4 nitrogen and oxygen atoms in total. The van der Waals surface area contributed by atoms with Crippen molar-refractivity contribution >= 4 is 11.6 Å². The first kappa shape index (κ1) is 11.1. The molecule has 1 saturated carbocycles. The normalized spacial score (nSPS) is 14.6. The summed E-state index contributed by atoms with van der Waals surface area (Å²) in [5.41, 5.74) is 3.20. The van der Waals surface area contributed by atoms with E-state index in [2.05, 4.69) is 21.4 Å². The maximum atomic E-state index is 4.59.